The Morgan fingerprint density at radius 1 is 1.20 bits per heavy atom. The Balaban J connectivity index is 1.80. The molecule has 1 unspecified atom stereocenters. The van der Waals surface area contributed by atoms with Crippen molar-refractivity contribution in [3.8, 4) is 12.3 Å². The average Bonchev–Trinajstić information content (AvgIpc) is 2.78. The van der Waals surface area contributed by atoms with E-state index in [1.807, 2.05) is 0 Å². The molecule has 2 N–H and O–H groups in total. The Morgan fingerprint density at radius 3 is 2.60 bits per heavy atom. The molecule has 4 rings (SSSR count). The summed E-state index contributed by atoms with van der Waals surface area (Å²) < 4.78 is 0. The number of carbonyl (C=O) groups is 1. The molecule has 0 aromatic carbocycles. The van der Waals surface area contributed by atoms with E-state index in [1.54, 1.807) is 6.08 Å². The molecule has 0 saturated heterocycles. The van der Waals surface area contributed by atoms with Crippen molar-refractivity contribution in [1.29, 1.82) is 0 Å². The SMILES string of the molecule is C#CC1(O)C(=C)C[C@H]2[C@@H]3CCC4=CC(=O)CC[C@]4(C)[C@]3(O)CC[C@@]21C. The highest BCUT2D eigenvalue weighted by molar-refractivity contribution is 5.91. The van der Waals surface area contributed by atoms with Gasteiger partial charge in [0.25, 0.3) is 0 Å². The summed E-state index contributed by atoms with van der Waals surface area (Å²) in [4.78, 5) is 11.9. The van der Waals surface area contributed by atoms with E-state index in [0.29, 0.717) is 32.1 Å². The van der Waals surface area contributed by atoms with Gasteiger partial charge in [0.15, 0.2) is 11.4 Å². The maximum absolute atomic E-state index is 11.9. The Labute approximate surface area is 150 Å². The fourth-order valence-corrected chi connectivity index (χ4v) is 6.74. The molecule has 3 fully saturated rings. The van der Waals surface area contributed by atoms with Gasteiger partial charge in [-0.05, 0) is 62.0 Å². The lowest BCUT2D eigenvalue weighted by Gasteiger charge is -2.63. The monoisotopic (exact) mass is 340 g/mol. The number of hydrogen-bond donors (Lipinski definition) is 2. The molecule has 134 valence electrons. The highest BCUT2D eigenvalue weighted by Gasteiger charge is 2.69. The third kappa shape index (κ3) is 1.78. The molecule has 0 radical (unpaired) electrons. The summed E-state index contributed by atoms with van der Waals surface area (Å²) in [6.07, 6.45) is 12.4. The van der Waals surface area contributed by atoms with Gasteiger partial charge in [-0.25, -0.2) is 0 Å². The Hall–Kier alpha value is -1.37. The van der Waals surface area contributed by atoms with Crippen LogP contribution < -0.4 is 0 Å². The first-order valence-electron chi connectivity index (χ1n) is 9.47. The Morgan fingerprint density at radius 2 is 1.92 bits per heavy atom. The van der Waals surface area contributed by atoms with Crippen LogP contribution in [0.3, 0.4) is 0 Å². The first kappa shape index (κ1) is 17.1. The van der Waals surface area contributed by atoms with E-state index in [4.69, 9.17) is 6.42 Å². The number of rotatable bonds is 0. The van der Waals surface area contributed by atoms with Crippen molar-refractivity contribution in [1.82, 2.24) is 0 Å². The first-order chi connectivity index (χ1) is 11.6. The van der Waals surface area contributed by atoms with Gasteiger partial charge in [-0.15, -0.1) is 6.42 Å². The lowest BCUT2D eigenvalue weighted by Crippen LogP contribution is -2.64. The molecular formula is C22H28O3. The lowest BCUT2D eigenvalue weighted by molar-refractivity contribution is -0.201. The third-order valence-electron chi connectivity index (χ3n) is 8.55. The molecule has 0 heterocycles. The van der Waals surface area contributed by atoms with Gasteiger partial charge in [0.1, 0.15) is 0 Å². The zero-order valence-electron chi connectivity index (χ0n) is 15.3. The van der Waals surface area contributed by atoms with Gasteiger partial charge in [0.2, 0.25) is 0 Å². The number of carbonyl (C=O) groups excluding carboxylic acids is 1. The molecule has 3 saturated carbocycles. The fraction of sp³-hybridized carbons (Fsp3) is 0.682. The molecule has 0 aromatic rings. The van der Waals surface area contributed by atoms with Crippen molar-refractivity contribution in [2.24, 2.45) is 22.7 Å². The predicted molar refractivity (Wildman–Crippen MR) is 96.5 cm³/mol. The van der Waals surface area contributed by atoms with Crippen molar-refractivity contribution in [3.63, 3.8) is 0 Å². The van der Waals surface area contributed by atoms with Crippen LogP contribution >= 0.6 is 0 Å². The summed E-state index contributed by atoms with van der Waals surface area (Å²) in [6, 6.07) is 0. The van der Waals surface area contributed by atoms with Crippen molar-refractivity contribution >= 4 is 5.78 Å². The summed E-state index contributed by atoms with van der Waals surface area (Å²) in [5, 5.41) is 23.1. The zero-order chi connectivity index (χ0) is 18.3. The molecule has 0 amide bonds. The molecule has 25 heavy (non-hydrogen) atoms. The summed E-state index contributed by atoms with van der Waals surface area (Å²) >= 11 is 0. The van der Waals surface area contributed by atoms with Crippen LogP contribution in [0.15, 0.2) is 23.8 Å². The van der Waals surface area contributed by atoms with Gasteiger partial charge in [-0.2, -0.15) is 0 Å². The van der Waals surface area contributed by atoms with Crippen LogP contribution in [-0.4, -0.2) is 27.2 Å². The highest BCUT2D eigenvalue weighted by atomic mass is 16.3. The van der Waals surface area contributed by atoms with E-state index in [-0.39, 0.29) is 23.0 Å². The van der Waals surface area contributed by atoms with Gasteiger partial charge in [0, 0.05) is 17.3 Å². The van der Waals surface area contributed by atoms with Crippen LogP contribution in [0, 0.1) is 35.0 Å². The van der Waals surface area contributed by atoms with Crippen molar-refractivity contribution in [2.45, 2.75) is 70.0 Å². The van der Waals surface area contributed by atoms with Gasteiger partial charge >= 0.3 is 0 Å². The number of ketones is 1. The van der Waals surface area contributed by atoms with E-state index >= 15 is 0 Å². The van der Waals surface area contributed by atoms with E-state index in [9.17, 15) is 15.0 Å². The fourth-order valence-electron chi connectivity index (χ4n) is 6.74. The van der Waals surface area contributed by atoms with Crippen LogP contribution in [0.5, 0.6) is 0 Å². The second kappa shape index (κ2) is 4.87. The number of hydrogen-bond acceptors (Lipinski definition) is 3. The van der Waals surface area contributed by atoms with E-state index in [0.717, 1.165) is 24.0 Å². The van der Waals surface area contributed by atoms with Crippen LogP contribution in [0.2, 0.25) is 0 Å². The molecule has 4 aliphatic rings. The van der Waals surface area contributed by atoms with Crippen molar-refractivity contribution in [3.05, 3.63) is 23.8 Å². The smallest absolute Gasteiger partial charge is 0.155 e. The van der Waals surface area contributed by atoms with Gasteiger partial charge < -0.3 is 10.2 Å². The summed E-state index contributed by atoms with van der Waals surface area (Å²) in [5.41, 5.74) is -1.05. The Bertz CT molecular complexity index is 743. The van der Waals surface area contributed by atoms with Crippen LogP contribution in [0.25, 0.3) is 0 Å². The van der Waals surface area contributed by atoms with Gasteiger partial charge in [0.05, 0.1) is 5.60 Å². The molecule has 3 heteroatoms. The summed E-state index contributed by atoms with van der Waals surface area (Å²) in [6.45, 7) is 8.30. The maximum Gasteiger partial charge on any atom is 0.155 e. The average molecular weight is 340 g/mol. The minimum atomic E-state index is -1.28. The van der Waals surface area contributed by atoms with Crippen LogP contribution in [0.1, 0.15) is 58.8 Å². The molecular weight excluding hydrogens is 312 g/mol. The van der Waals surface area contributed by atoms with Crippen LogP contribution in [0.4, 0.5) is 0 Å². The lowest BCUT2D eigenvalue weighted by atomic mass is 9.44. The number of fused-ring (bicyclic) bond motifs is 5. The van der Waals surface area contributed by atoms with E-state index in [1.165, 1.54) is 0 Å². The summed E-state index contributed by atoms with van der Waals surface area (Å²) in [5.74, 6) is 3.03. The molecule has 0 aliphatic heterocycles. The quantitative estimate of drug-likeness (QED) is 0.526. The predicted octanol–water partition coefficient (Wildman–Crippen LogP) is 3.16. The van der Waals surface area contributed by atoms with Gasteiger partial charge in [-0.3, -0.25) is 4.79 Å². The minimum absolute atomic E-state index is 0.0840. The van der Waals surface area contributed by atoms with Crippen molar-refractivity contribution < 1.29 is 15.0 Å². The standard InChI is InChI=1S/C22H28O3/c1-5-21(24)14(2)12-18-17-7-6-15-13-16(23)8-9-19(15,3)22(17,25)11-10-20(18,21)4/h1,13,17-18,24-25H,2,6-12H2,3-4H3/t17-,18-,19-,20-,21?,22-/m0/s1. The number of terminal acetylenes is 1. The highest BCUT2D eigenvalue weighted by Crippen LogP contribution is 2.69. The minimum Gasteiger partial charge on any atom is -0.389 e. The maximum atomic E-state index is 11.9. The Kier molecular flexibility index (Phi) is 3.32. The first-order valence-corrected chi connectivity index (χ1v) is 9.47. The van der Waals surface area contributed by atoms with E-state index < -0.39 is 16.6 Å². The second-order valence-corrected chi connectivity index (χ2v) is 9.22. The van der Waals surface area contributed by atoms with E-state index in [2.05, 4.69) is 26.3 Å². The van der Waals surface area contributed by atoms with Crippen LogP contribution in [-0.2, 0) is 4.79 Å². The third-order valence-corrected chi connectivity index (χ3v) is 8.55. The van der Waals surface area contributed by atoms with Crippen molar-refractivity contribution in [2.75, 3.05) is 0 Å². The largest absolute Gasteiger partial charge is 0.389 e. The normalized spacial score (nSPS) is 51.9. The molecule has 0 aromatic heterocycles. The summed E-state index contributed by atoms with van der Waals surface area (Å²) in [7, 11) is 0. The second-order valence-electron chi connectivity index (χ2n) is 9.22. The molecule has 0 bridgehead atoms. The molecule has 6 atom stereocenters. The molecule has 4 aliphatic carbocycles. The number of aliphatic hydroxyl groups is 2. The van der Waals surface area contributed by atoms with Gasteiger partial charge in [-0.1, -0.05) is 31.9 Å². The topological polar surface area (TPSA) is 57.5 Å². The molecule has 0 spiro atoms. The zero-order valence-corrected chi connectivity index (χ0v) is 15.3. The molecule has 3 nitrogen and oxygen atoms in total.